The number of hydrogen-bond donors (Lipinski definition) is 2. The van der Waals surface area contributed by atoms with Crippen LogP contribution >= 0.6 is 11.3 Å². The molecule has 2 N–H and O–H groups in total. The number of fused-ring (bicyclic) bond motifs is 1. The van der Waals surface area contributed by atoms with E-state index >= 15 is 0 Å². The molecule has 0 bridgehead atoms. The molecule has 1 aliphatic heterocycles. The van der Waals surface area contributed by atoms with Crippen molar-refractivity contribution in [1.82, 2.24) is 20.4 Å². The molecular weight excluding hydrogens is 352 g/mol. The van der Waals surface area contributed by atoms with Gasteiger partial charge < -0.3 is 5.32 Å². The molecule has 2 aromatic heterocycles. The molecule has 27 heavy (non-hydrogen) atoms. The third-order valence-corrected chi connectivity index (χ3v) is 7.11. The summed E-state index contributed by atoms with van der Waals surface area (Å²) in [4.78, 5) is 5.38. The van der Waals surface area contributed by atoms with Crippen molar-refractivity contribution in [3.8, 4) is 10.6 Å². The van der Waals surface area contributed by atoms with Crippen LogP contribution in [-0.4, -0.2) is 40.3 Å². The number of hydrogen-bond acceptors (Lipinski definition) is 4. The Morgan fingerprint density at radius 3 is 2.74 bits per heavy atom. The van der Waals surface area contributed by atoms with Crippen LogP contribution in [-0.2, 0) is 19.4 Å². The Hall–Kier alpha value is -1.95. The van der Waals surface area contributed by atoms with Gasteiger partial charge in [-0.25, -0.2) is 0 Å². The molecule has 1 saturated heterocycles. The highest BCUT2D eigenvalue weighted by molar-refractivity contribution is 7.15. The smallest absolute Gasteiger partial charge is 0.0749 e. The SMILES string of the molecule is c1ccc2c(c1)CC(N1CCCC(NCc3ccc(-c4ccn[nH]4)s3)C1)C2. The molecule has 4 nitrogen and oxygen atoms in total. The molecule has 0 amide bonds. The Morgan fingerprint density at radius 2 is 1.96 bits per heavy atom. The highest BCUT2D eigenvalue weighted by atomic mass is 32.1. The second-order valence-corrected chi connectivity index (χ2v) is 8.95. The molecular formula is C22H26N4S. The summed E-state index contributed by atoms with van der Waals surface area (Å²) in [6.45, 7) is 3.39. The van der Waals surface area contributed by atoms with Crippen LogP contribution in [0.15, 0.2) is 48.7 Å². The normalized spacial score (nSPS) is 20.8. The summed E-state index contributed by atoms with van der Waals surface area (Å²) < 4.78 is 0. The van der Waals surface area contributed by atoms with E-state index in [0.29, 0.717) is 12.1 Å². The van der Waals surface area contributed by atoms with E-state index in [0.717, 1.165) is 12.2 Å². The van der Waals surface area contributed by atoms with Gasteiger partial charge >= 0.3 is 0 Å². The van der Waals surface area contributed by atoms with Gasteiger partial charge in [0.15, 0.2) is 0 Å². The van der Waals surface area contributed by atoms with Crippen LogP contribution in [0.25, 0.3) is 10.6 Å². The third kappa shape index (κ3) is 3.72. The van der Waals surface area contributed by atoms with Crippen LogP contribution in [0.4, 0.5) is 0 Å². The van der Waals surface area contributed by atoms with E-state index in [1.165, 1.54) is 48.5 Å². The lowest BCUT2D eigenvalue weighted by molar-refractivity contribution is 0.140. The quantitative estimate of drug-likeness (QED) is 0.709. The number of nitrogens with zero attached hydrogens (tertiary/aromatic N) is 2. The first kappa shape index (κ1) is 17.2. The van der Waals surface area contributed by atoms with Gasteiger partial charge in [0.2, 0.25) is 0 Å². The molecule has 1 aliphatic carbocycles. The fourth-order valence-electron chi connectivity index (χ4n) is 4.55. The molecule has 1 unspecified atom stereocenters. The number of thiophene rings is 1. The summed E-state index contributed by atoms with van der Waals surface area (Å²) in [5.74, 6) is 0. The number of nitrogens with one attached hydrogen (secondary N) is 2. The maximum Gasteiger partial charge on any atom is 0.0749 e. The van der Waals surface area contributed by atoms with Crippen molar-refractivity contribution in [3.05, 3.63) is 64.7 Å². The van der Waals surface area contributed by atoms with Crippen molar-refractivity contribution >= 4 is 11.3 Å². The second-order valence-electron chi connectivity index (χ2n) is 7.78. The molecule has 1 aromatic carbocycles. The van der Waals surface area contributed by atoms with Gasteiger partial charge in [0, 0.05) is 36.2 Å². The molecule has 0 spiro atoms. The minimum atomic E-state index is 0.597. The molecule has 5 heteroatoms. The number of aromatic nitrogens is 2. The molecule has 140 valence electrons. The predicted molar refractivity (Wildman–Crippen MR) is 111 cm³/mol. The zero-order valence-corrected chi connectivity index (χ0v) is 16.3. The van der Waals surface area contributed by atoms with Gasteiger partial charge in [0.05, 0.1) is 10.6 Å². The van der Waals surface area contributed by atoms with E-state index in [1.807, 2.05) is 23.6 Å². The number of H-pyrrole nitrogens is 1. The lowest BCUT2D eigenvalue weighted by Gasteiger charge is -2.37. The number of benzene rings is 1. The fraction of sp³-hybridized carbons (Fsp3) is 0.409. The third-order valence-electron chi connectivity index (χ3n) is 5.99. The minimum absolute atomic E-state index is 0.597. The largest absolute Gasteiger partial charge is 0.308 e. The van der Waals surface area contributed by atoms with Gasteiger partial charge in [0.1, 0.15) is 0 Å². The van der Waals surface area contributed by atoms with Crippen molar-refractivity contribution in [2.24, 2.45) is 0 Å². The fourth-order valence-corrected chi connectivity index (χ4v) is 5.49. The van der Waals surface area contributed by atoms with Gasteiger partial charge in [-0.2, -0.15) is 5.10 Å². The molecule has 0 radical (unpaired) electrons. The first-order valence-corrected chi connectivity index (χ1v) is 10.8. The number of piperidine rings is 1. The zero-order chi connectivity index (χ0) is 18.1. The minimum Gasteiger partial charge on any atom is -0.308 e. The Kier molecular flexibility index (Phi) is 4.82. The molecule has 1 fully saturated rings. The van der Waals surface area contributed by atoms with Gasteiger partial charge in [-0.05, 0) is 61.6 Å². The van der Waals surface area contributed by atoms with Crippen molar-refractivity contribution < 1.29 is 0 Å². The van der Waals surface area contributed by atoms with E-state index in [-0.39, 0.29) is 0 Å². The predicted octanol–water partition coefficient (Wildman–Crippen LogP) is 3.86. The summed E-state index contributed by atoms with van der Waals surface area (Å²) >= 11 is 1.85. The zero-order valence-electron chi connectivity index (χ0n) is 15.5. The summed E-state index contributed by atoms with van der Waals surface area (Å²) in [5, 5.41) is 10.9. The van der Waals surface area contributed by atoms with E-state index in [2.05, 4.69) is 56.8 Å². The van der Waals surface area contributed by atoms with Crippen LogP contribution in [0.2, 0.25) is 0 Å². The average molecular weight is 379 g/mol. The Bertz CT molecular complexity index is 860. The standard InChI is InChI=1S/C22H26N4S/c1-2-5-17-13-19(12-16(17)4-1)26-11-3-6-18(15-26)23-14-20-7-8-22(27-20)21-9-10-24-25-21/h1-2,4-5,7-10,18-19,23H,3,6,11-15H2,(H,24,25). The molecule has 3 aromatic rings. The highest BCUT2D eigenvalue weighted by Gasteiger charge is 2.30. The van der Waals surface area contributed by atoms with E-state index < -0.39 is 0 Å². The highest BCUT2D eigenvalue weighted by Crippen LogP contribution is 2.28. The summed E-state index contributed by atoms with van der Waals surface area (Å²) in [6.07, 6.45) is 6.84. The lowest BCUT2D eigenvalue weighted by atomic mass is 10.0. The van der Waals surface area contributed by atoms with E-state index in [4.69, 9.17) is 0 Å². The van der Waals surface area contributed by atoms with E-state index in [9.17, 15) is 0 Å². The number of rotatable bonds is 5. The molecule has 0 saturated carbocycles. The molecule has 2 aliphatic rings. The maximum atomic E-state index is 4.05. The van der Waals surface area contributed by atoms with Crippen LogP contribution in [0.3, 0.4) is 0 Å². The molecule has 1 atom stereocenters. The van der Waals surface area contributed by atoms with Gasteiger partial charge in [-0.15, -0.1) is 11.3 Å². The van der Waals surface area contributed by atoms with Crippen molar-refractivity contribution in [2.45, 2.75) is 44.3 Å². The average Bonchev–Trinajstić information content (AvgIpc) is 3.46. The van der Waals surface area contributed by atoms with E-state index in [1.54, 1.807) is 11.1 Å². The monoisotopic (exact) mass is 378 g/mol. The van der Waals surface area contributed by atoms with Crippen molar-refractivity contribution in [2.75, 3.05) is 13.1 Å². The molecule has 5 rings (SSSR count). The summed E-state index contributed by atoms with van der Waals surface area (Å²) in [7, 11) is 0. The van der Waals surface area contributed by atoms with Crippen LogP contribution in [0, 0.1) is 0 Å². The van der Waals surface area contributed by atoms with Crippen LogP contribution in [0.5, 0.6) is 0 Å². The summed E-state index contributed by atoms with van der Waals surface area (Å²) in [6, 6.07) is 16.7. The van der Waals surface area contributed by atoms with Crippen molar-refractivity contribution in [1.29, 1.82) is 0 Å². The topological polar surface area (TPSA) is 44.0 Å². The summed E-state index contributed by atoms with van der Waals surface area (Å²) in [5.41, 5.74) is 4.22. The van der Waals surface area contributed by atoms with Crippen LogP contribution < -0.4 is 5.32 Å². The number of aromatic amines is 1. The Morgan fingerprint density at radius 1 is 1.11 bits per heavy atom. The first-order chi connectivity index (χ1) is 13.3. The Labute approximate surface area is 164 Å². The van der Waals surface area contributed by atoms with Gasteiger partial charge in [-0.3, -0.25) is 10.00 Å². The maximum absolute atomic E-state index is 4.05. The van der Waals surface area contributed by atoms with Crippen molar-refractivity contribution in [3.63, 3.8) is 0 Å². The first-order valence-electron chi connectivity index (χ1n) is 9.98. The van der Waals surface area contributed by atoms with Gasteiger partial charge in [0.25, 0.3) is 0 Å². The second kappa shape index (κ2) is 7.58. The van der Waals surface area contributed by atoms with Gasteiger partial charge in [-0.1, -0.05) is 24.3 Å². The van der Waals surface area contributed by atoms with Crippen LogP contribution in [0.1, 0.15) is 28.8 Å². The number of likely N-dealkylation sites (tertiary alicyclic amines) is 1. The molecule has 3 heterocycles. The lowest BCUT2D eigenvalue weighted by Crippen LogP contribution is -2.49. The Balaban J connectivity index is 1.16.